The zero-order valence-electron chi connectivity index (χ0n) is 12.3. The van der Waals surface area contributed by atoms with E-state index in [9.17, 15) is 0 Å². The predicted molar refractivity (Wildman–Crippen MR) is 76.2 cm³/mol. The van der Waals surface area contributed by atoms with Crippen molar-refractivity contribution in [1.29, 1.82) is 0 Å². The van der Waals surface area contributed by atoms with Crippen LogP contribution in [-0.4, -0.2) is 54.1 Å². The fourth-order valence-electron chi connectivity index (χ4n) is 2.40. The highest BCUT2D eigenvalue weighted by molar-refractivity contribution is 5.00. The van der Waals surface area contributed by atoms with Crippen molar-refractivity contribution in [2.75, 3.05) is 33.3 Å². The molecule has 5 heteroatoms. The molecule has 1 fully saturated rings. The summed E-state index contributed by atoms with van der Waals surface area (Å²) in [5, 5.41) is 7.84. The molecule has 2 rings (SSSR count). The standard InChI is InChI=1S/C14H26N4O/c1-4-12(2)18-6-5-13(16-18)10-17-7-8-19-14(11-17)9-15-3/h5-6,12,14-15H,4,7-11H2,1-3H3. The van der Waals surface area contributed by atoms with Crippen LogP contribution < -0.4 is 5.32 Å². The Hall–Kier alpha value is -0.910. The Bertz CT molecular complexity index is 377. The molecule has 2 heterocycles. The van der Waals surface area contributed by atoms with E-state index in [-0.39, 0.29) is 0 Å². The number of nitrogens with one attached hydrogen (secondary N) is 1. The van der Waals surface area contributed by atoms with Crippen LogP contribution in [0.15, 0.2) is 12.3 Å². The number of rotatable bonds is 6. The van der Waals surface area contributed by atoms with Crippen LogP contribution in [0.3, 0.4) is 0 Å². The molecule has 1 saturated heterocycles. The molecule has 0 radical (unpaired) electrons. The van der Waals surface area contributed by atoms with Gasteiger partial charge in [-0.2, -0.15) is 5.10 Å². The molecule has 0 aliphatic carbocycles. The third-order valence-corrected chi connectivity index (χ3v) is 3.75. The normalized spacial score (nSPS) is 22.6. The van der Waals surface area contributed by atoms with Gasteiger partial charge in [-0.3, -0.25) is 9.58 Å². The Labute approximate surface area is 115 Å². The molecule has 0 amide bonds. The summed E-state index contributed by atoms with van der Waals surface area (Å²) in [6.07, 6.45) is 3.51. The Balaban J connectivity index is 1.88. The molecule has 1 aliphatic heterocycles. The molecule has 2 unspecified atom stereocenters. The second-order valence-corrected chi connectivity index (χ2v) is 5.33. The molecule has 19 heavy (non-hydrogen) atoms. The van der Waals surface area contributed by atoms with Crippen molar-refractivity contribution in [1.82, 2.24) is 20.0 Å². The molecule has 0 spiro atoms. The number of hydrogen-bond acceptors (Lipinski definition) is 4. The quantitative estimate of drug-likeness (QED) is 0.842. The summed E-state index contributed by atoms with van der Waals surface area (Å²) in [5.74, 6) is 0. The van der Waals surface area contributed by atoms with E-state index >= 15 is 0 Å². The first kappa shape index (κ1) is 14.5. The van der Waals surface area contributed by atoms with Crippen LogP contribution in [0.4, 0.5) is 0 Å². The topological polar surface area (TPSA) is 42.3 Å². The van der Waals surface area contributed by atoms with Gasteiger partial charge in [-0.25, -0.2) is 0 Å². The largest absolute Gasteiger partial charge is 0.374 e. The van der Waals surface area contributed by atoms with E-state index in [0.717, 1.165) is 44.9 Å². The van der Waals surface area contributed by atoms with E-state index in [1.54, 1.807) is 0 Å². The summed E-state index contributed by atoms with van der Waals surface area (Å²) in [4.78, 5) is 2.43. The van der Waals surface area contributed by atoms with Gasteiger partial charge in [0, 0.05) is 38.4 Å². The summed E-state index contributed by atoms with van der Waals surface area (Å²) in [6.45, 7) is 9.03. The summed E-state index contributed by atoms with van der Waals surface area (Å²) < 4.78 is 7.79. The molecule has 0 saturated carbocycles. The zero-order chi connectivity index (χ0) is 13.7. The second kappa shape index (κ2) is 7.03. The Morgan fingerprint density at radius 1 is 1.58 bits per heavy atom. The molecule has 2 atom stereocenters. The summed E-state index contributed by atoms with van der Waals surface area (Å²) >= 11 is 0. The van der Waals surface area contributed by atoms with Crippen LogP contribution in [0.1, 0.15) is 32.0 Å². The maximum absolute atomic E-state index is 5.72. The van der Waals surface area contributed by atoms with Gasteiger partial charge >= 0.3 is 0 Å². The SMILES string of the molecule is CCC(C)n1ccc(CN2CCOC(CNC)C2)n1. The minimum Gasteiger partial charge on any atom is -0.374 e. The maximum Gasteiger partial charge on any atom is 0.0826 e. The van der Waals surface area contributed by atoms with Gasteiger partial charge in [0.05, 0.1) is 18.4 Å². The van der Waals surface area contributed by atoms with Crippen LogP contribution >= 0.6 is 0 Å². The number of ether oxygens (including phenoxy) is 1. The first-order valence-corrected chi connectivity index (χ1v) is 7.25. The predicted octanol–water partition coefficient (Wildman–Crippen LogP) is 1.27. The minimum atomic E-state index is 0.301. The second-order valence-electron chi connectivity index (χ2n) is 5.33. The third kappa shape index (κ3) is 4.03. The average Bonchev–Trinajstić information content (AvgIpc) is 2.87. The van der Waals surface area contributed by atoms with Crippen molar-refractivity contribution in [2.24, 2.45) is 0 Å². The van der Waals surface area contributed by atoms with Gasteiger partial charge in [0.15, 0.2) is 0 Å². The summed E-state index contributed by atoms with van der Waals surface area (Å²) in [7, 11) is 1.97. The van der Waals surface area contributed by atoms with Crippen molar-refractivity contribution in [3.05, 3.63) is 18.0 Å². The monoisotopic (exact) mass is 266 g/mol. The molecule has 1 aromatic rings. The minimum absolute atomic E-state index is 0.301. The van der Waals surface area contributed by atoms with E-state index in [2.05, 4.69) is 46.1 Å². The van der Waals surface area contributed by atoms with Crippen LogP contribution in [0.2, 0.25) is 0 Å². The maximum atomic E-state index is 5.72. The summed E-state index contributed by atoms with van der Waals surface area (Å²) in [6, 6.07) is 2.62. The molecule has 0 aromatic carbocycles. The molecule has 1 N–H and O–H groups in total. The first-order valence-electron chi connectivity index (χ1n) is 7.25. The zero-order valence-corrected chi connectivity index (χ0v) is 12.3. The van der Waals surface area contributed by atoms with Crippen LogP contribution in [-0.2, 0) is 11.3 Å². The number of morpholine rings is 1. The highest BCUT2D eigenvalue weighted by Gasteiger charge is 2.20. The van der Waals surface area contributed by atoms with Gasteiger partial charge in [0.1, 0.15) is 0 Å². The summed E-state index contributed by atoms with van der Waals surface area (Å²) in [5.41, 5.74) is 1.16. The fourth-order valence-corrected chi connectivity index (χ4v) is 2.40. The molecule has 5 nitrogen and oxygen atoms in total. The molecule has 108 valence electrons. The molecule has 1 aromatic heterocycles. The van der Waals surface area contributed by atoms with Gasteiger partial charge < -0.3 is 10.1 Å². The lowest BCUT2D eigenvalue weighted by Gasteiger charge is -2.32. The smallest absolute Gasteiger partial charge is 0.0826 e. The van der Waals surface area contributed by atoms with Gasteiger partial charge in [-0.15, -0.1) is 0 Å². The van der Waals surface area contributed by atoms with E-state index in [1.165, 1.54) is 0 Å². The Morgan fingerprint density at radius 2 is 2.42 bits per heavy atom. The van der Waals surface area contributed by atoms with Crippen molar-refractivity contribution < 1.29 is 4.74 Å². The Kier molecular flexibility index (Phi) is 5.36. The number of aromatic nitrogens is 2. The van der Waals surface area contributed by atoms with Crippen LogP contribution in [0, 0.1) is 0 Å². The number of hydrogen-bond donors (Lipinski definition) is 1. The van der Waals surface area contributed by atoms with Crippen molar-refractivity contribution in [2.45, 2.75) is 39.0 Å². The highest BCUT2D eigenvalue weighted by Crippen LogP contribution is 2.12. The van der Waals surface area contributed by atoms with E-state index in [4.69, 9.17) is 4.74 Å². The molecule has 0 bridgehead atoms. The average molecular weight is 266 g/mol. The fraction of sp³-hybridized carbons (Fsp3) is 0.786. The van der Waals surface area contributed by atoms with Crippen molar-refractivity contribution >= 4 is 0 Å². The number of likely N-dealkylation sites (N-methyl/N-ethyl adjacent to an activating group) is 1. The van der Waals surface area contributed by atoms with Crippen molar-refractivity contribution in [3.63, 3.8) is 0 Å². The molecule has 1 aliphatic rings. The first-order chi connectivity index (χ1) is 9.22. The van der Waals surface area contributed by atoms with E-state index in [0.29, 0.717) is 12.1 Å². The van der Waals surface area contributed by atoms with Gasteiger partial charge in [0.25, 0.3) is 0 Å². The Morgan fingerprint density at radius 3 is 3.16 bits per heavy atom. The van der Waals surface area contributed by atoms with Gasteiger partial charge in [-0.05, 0) is 26.5 Å². The van der Waals surface area contributed by atoms with Gasteiger partial charge in [0.2, 0.25) is 0 Å². The molecular weight excluding hydrogens is 240 g/mol. The van der Waals surface area contributed by atoms with Crippen molar-refractivity contribution in [3.8, 4) is 0 Å². The lowest BCUT2D eigenvalue weighted by atomic mass is 10.2. The lowest BCUT2D eigenvalue weighted by Crippen LogP contribution is -2.45. The van der Waals surface area contributed by atoms with Crippen LogP contribution in [0.5, 0.6) is 0 Å². The van der Waals surface area contributed by atoms with Gasteiger partial charge in [-0.1, -0.05) is 6.92 Å². The number of nitrogens with zero attached hydrogens (tertiary/aromatic N) is 3. The lowest BCUT2D eigenvalue weighted by molar-refractivity contribution is -0.0295. The van der Waals surface area contributed by atoms with Crippen LogP contribution in [0.25, 0.3) is 0 Å². The van der Waals surface area contributed by atoms with E-state index in [1.807, 2.05) is 7.05 Å². The highest BCUT2D eigenvalue weighted by atomic mass is 16.5. The van der Waals surface area contributed by atoms with E-state index < -0.39 is 0 Å². The third-order valence-electron chi connectivity index (χ3n) is 3.75. The molecular formula is C14H26N4O.